The average Bonchev–Trinajstić information content (AvgIpc) is 2.76. The number of likely N-dealkylation sites (tertiary alicyclic amines) is 1. The molecule has 0 aromatic heterocycles. The number of benzene rings is 2. The van der Waals surface area contributed by atoms with Crippen molar-refractivity contribution in [3.63, 3.8) is 0 Å². The molecule has 30 heavy (non-hydrogen) atoms. The monoisotopic (exact) mass is 526 g/mol. The van der Waals surface area contributed by atoms with Crippen molar-refractivity contribution in [2.75, 3.05) is 20.1 Å². The molecule has 2 aromatic rings. The molecular weight excluding hydrogens is 494 g/mol. The van der Waals surface area contributed by atoms with Crippen LogP contribution in [0.3, 0.4) is 0 Å². The molecule has 0 spiro atoms. The molecule has 3 rings (SSSR count). The maximum absolute atomic E-state index is 13.5. The number of halogens is 2. The quantitative estimate of drug-likeness (QED) is 0.292. The first-order valence-electron chi connectivity index (χ1n) is 10.3. The van der Waals surface area contributed by atoms with Crippen LogP contribution in [0.4, 0.5) is 4.39 Å². The number of nitrogens with zero attached hydrogens (tertiary/aromatic N) is 2. The minimum absolute atomic E-state index is 0. The number of hydrogen-bond acceptors (Lipinski definition) is 3. The lowest BCUT2D eigenvalue weighted by molar-refractivity contribution is 0.221. The number of aliphatic imine (C=N–C) groups is 1. The van der Waals surface area contributed by atoms with Crippen molar-refractivity contribution in [1.29, 1.82) is 0 Å². The van der Waals surface area contributed by atoms with Crippen LogP contribution in [0.15, 0.2) is 47.5 Å². The molecule has 5 nitrogen and oxygen atoms in total. The number of piperidine rings is 1. The number of guanidine groups is 1. The number of hydrogen-bond donors (Lipinski definition) is 3. The van der Waals surface area contributed by atoms with Gasteiger partial charge in [0.25, 0.3) is 0 Å². The molecule has 0 amide bonds. The fourth-order valence-electron chi connectivity index (χ4n) is 3.59. The second-order valence-electron chi connectivity index (χ2n) is 7.52. The van der Waals surface area contributed by atoms with Crippen LogP contribution < -0.4 is 10.6 Å². The topological polar surface area (TPSA) is 59.9 Å². The van der Waals surface area contributed by atoms with Gasteiger partial charge in [0, 0.05) is 32.2 Å². The highest BCUT2D eigenvalue weighted by Crippen LogP contribution is 2.14. The van der Waals surface area contributed by atoms with E-state index in [0.717, 1.165) is 12.1 Å². The molecule has 0 unspecified atom stereocenters. The minimum Gasteiger partial charge on any atom is -0.392 e. The van der Waals surface area contributed by atoms with Gasteiger partial charge in [-0.05, 0) is 54.8 Å². The predicted molar refractivity (Wildman–Crippen MR) is 130 cm³/mol. The first-order valence-corrected chi connectivity index (χ1v) is 10.3. The molecule has 2 aromatic carbocycles. The van der Waals surface area contributed by atoms with Crippen LogP contribution in [-0.4, -0.2) is 36.1 Å². The smallest absolute Gasteiger partial charge is 0.191 e. The Labute approximate surface area is 195 Å². The van der Waals surface area contributed by atoms with E-state index in [1.165, 1.54) is 49.5 Å². The predicted octanol–water partition coefficient (Wildman–Crippen LogP) is 3.79. The fourth-order valence-corrected chi connectivity index (χ4v) is 3.59. The molecule has 0 atom stereocenters. The minimum atomic E-state index is -0.387. The van der Waals surface area contributed by atoms with Gasteiger partial charge in [0.2, 0.25) is 0 Å². The summed E-state index contributed by atoms with van der Waals surface area (Å²) in [6.45, 7) is 4.32. The summed E-state index contributed by atoms with van der Waals surface area (Å²) in [6.07, 6.45) is 3.99. The molecule has 0 saturated carbocycles. The molecule has 3 N–H and O–H groups in total. The Bertz CT molecular complexity index is 807. The zero-order valence-electron chi connectivity index (χ0n) is 17.5. The standard InChI is InChI=1S/C23H31FN4O.HI/c1-25-23(27-15-20-9-10-22(24)21(13-20)17-29)26-14-18-5-7-19(8-6-18)16-28-11-3-2-4-12-28;/h5-10,13,29H,2-4,11-12,14-17H2,1H3,(H2,25,26,27);1H. The Morgan fingerprint density at radius 3 is 2.20 bits per heavy atom. The van der Waals surface area contributed by atoms with Crippen molar-refractivity contribution >= 4 is 29.9 Å². The van der Waals surface area contributed by atoms with Gasteiger partial charge in [-0.3, -0.25) is 9.89 Å². The lowest BCUT2D eigenvalue weighted by atomic mass is 10.1. The van der Waals surface area contributed by atoms with Gasteiger partial charge in [0.1, 0.15) is 5.82 Å². The van der Waals surface area contributed by atoms with Gasteiger partial charge in [-0.25, -0.2) is 4.39 Å². The van der Waals surface area contributed by atoms with Gasteiger partial charge in [-0.2, -0.15) is 0 Å². The highest BCUT2D eigenvalue weighted by Gasteiger charge is 2.10. The van der Waals surface area contributed by atoms with Gasteiger partial charge in [0.15, 0.2) is 5.96 Å². The van der Waals surface area contributed by atoms with Crippen molar-refractivity contribution in [3.05, 3.63) is 70.5 Å². The van der Waals surface area contributed by atoms with Crippen molar-refractivity contribution in [2.24, 2.45) is 4.99 Å². The van der Waals surface area contributed by atoms with E-state index in [9.17, 15) is 9.50 Å². The van der Waals surface area contributed by atoms with Crippen LogP contribution in [0.25, 0.3) is 0 Å². The largest absolute Gasteiger partial charge is 0.392 e. The zero-order chi connectivity index (χ0) is 20.5. The first-order chi connectivity index (χ1) is 14.2. The van der Waals surface area contributed by atoms with Gasteiger partial charge in [-0.15, -0.1) is 24.0 Å². The highest BCUT2D eigenvalue weighted by molar-refractivity contribution is 14.0. The zero-order valence-corrected chi connectivity index (χ0v) is 19.9. The van der Waals surface area contributed by atoms with Gasteiger partial charge < -0.3 is 15.7 Å². The summed E-state index contributed by atoms with van der Waals surface area (Å²) in [4.78, 5) is 6.77. The van der Waals surface area contributed by atoms with E-state index in [4.69, 9.17) is 0 Å². The van der Waals surface area contributed by atoms with E-state index in [2.05, 4.69) is 44.8 Å². The fraction of sp³-hybridized carbons (Fsp3) is 0.435. The van der Waals surface area contributed by atoms with Crippen molar-refractivity contribution in [2.45, 2.75) is 45.5 Å². The number of aliphatic hydroxyl groups is 1. The summed E-state index contributed by atoms with van der Waals surface area (Å²) in [5.74, 6) is 0.291. The van der Waals surface area contributed by atoms with Crippen LogP contribution >= 0.6 is 24.0 Å². The van der Waals surface area contributed by atoms with E-state index in [1.807, 2.05) is 0 Å². The molecule has 1 aliphatic rings. The molecule has 1 aliphatic heterocycles. The summed E-state index contributed by atoms with van der Waals surface area (Å²) in [5.41, 5.74) is 3.74. The number of rotatable bonds is 7. The second-order valence-corrected chi connectivity index (χ2v) is 7.52. The lowest BCUT2D eigenvalue weighted by Gasteiger charge is -2.26. The highest BCUT2D eigenvalue weighted by atomic mass is 127. The number of nitrogens with one attached hydrogen (secondary N) is 2. The maximum atomic E-state index is 13.5. The van der Waals surface area contributed by atoms with Crippen molar-refractivity contribution in [1.82, 2.24) is 15.5 Å². The van der Waals surface area contributed by atoms with Crippen molar-refractivity contribution in [3.8, 4) is 0 Å². The molecular formula is C23H32FIN4O. The Hall–Kier alpha value is -1.71. The molecule has 1 saturated heterocycles. The van der Waals surface area contributed by atoms with E-state index in [0.29, 0.717) is 24.6 Å². The normalized spacial score (nSPS) is 14.8. The molecule has 0 radical (unpaired) electrons. The van der Waals surface area contributed by atoms with E-state index < -0.39 is 0 Å². The Morgan fingerprint density at radius 1 is 0.967 bits per heavy atom. The Morgan fingerprint density at radius 2 is 1.57 bits per heavy atom. The van der Waals surface area contributed by atoms with Crippen LogP contribution in [-0.2, 0) is 26.2 Å². The SMILES string of the molecule is CN=C(NCc1ccc(CN2CCCCC2)cc1)NCc1ccc(F)c(CO)c1.I. The van der Waals surface area contributed by atoms with Gasteiger partial charge in [0.05, 0.1) is 6.61 Å². The summed E-state index contributed by atoms with van der Waals surface area (Å²) in [7, 11) is 1.72. The van der Waals surface area contributed by atoms with Crippen LogP contribution in [0.5, 0.6) is 0 Å². The van der Waals surface area contributed by atoms with Crippen LogP contribution in [0, 0.1) is 5.82 Å². The van der Waals surface area contributed by atoms with Crippen LogP contribution in [0.2, 0.25) is 0 Å². The first kappa shape index (κ1) is 24.6. The van der Waals surface area contributed by atoms with Crippen molar-refractivity contribution < 1.29 is 9.50 Å². The lowest BCUT2D eigenvalue weighted by Crippen LogP contribution is -2.36. The third kappa shape index (κ3) is 7.52. The molecule has 0 bridgehead atoms. The van der Waals surface area contributed by atoms with E-state index in [1.54, 1.807) is 19.2 Å². The average molecular weight is 526 g/mol. The Kier molecular flexibility index (Phi) is 10.5. The molecule has 7 heteroatoms. The summed E-state index contributed by atoms with van der Waals surface area (Å²) in [6, 6.07) is 13.5. The van der Waals surface area contributed by atoms with E-state index >= 15 is 0 Å². The van der Waals surface area contributed by atoms with E-state index in [-0.39, 0.29) is 36.4 Å². The summed E-state index contributed by atoms with van der Waals surface area (Å²) < 4.78 is 13.5. The third-order valence-corrected chi connectivity index (χ3v) is 5.30. The van der Waals surface area contributed by atoms with Crippen LogP contribution in [0.1, 0.15) is 41.5 Å². The van der Waals surface area contributed by atoms with Gasteiger partial charge >= 0.3 is 0 Å². The Balaban J connectivity index is 0.00000320. The number of aliphatic hydroxyl groups excluding tert-OH is 1. The van der Waals surface area contributed by atoms with Gasteiger partial charge in [-0.1, -0.05) is 36.8 Å². The second kappa shape index (κ2) is 12.9. The summed E-state index contributed by atoms with van der Waals surface area (Å²) >= 11 is 0. The molecule has 0 aliphatic carbocycles. The molecule has 164 valence electrons. The molecule has 1 fully saturated rings. The maximum Gasteiger partial charge on any atom is 0.191 e. The summed E-state index contributed by atoms with van der Waals surface area (Å²) in [5, 5.41) is 15.7. The molecule has 1 heterocycles. The third-order valence-electron chi connectivity index (χ3n) is 5.30.